The molecule has 7 nitrogen and oxygen atoms in total. The molecule has 5 aromatic rings. The summed E-state index contributed by atoms with van der Waals surface area (Å²) >= 11 is 4.81. The van der Waals surface area contributed by atoms with Crippen LogP contribution < -0.4 is 20.7 Å². The molecule has 0 saturated heterocycles. The highest BCUT2D eigenvalue weighted by atomic mass is 79.9. The van der Waals surface area contributed by atoms with Crippen molar-refractivity contribution in [2.75, 3.05) is 10.6 Å². The summed E-state index contributed by atoms with van der Waals surface area (Å²) in [5, 5.41) is 8.16. The van der Waals surface area contributed by atoms with Gasteiger partial charge in [0.2, 0.25) is 5.91 Å². The van der Waals surface area contributed by atoms with Gasteiger partial charge in [-0.05, 0) is 103 Å². The fourth-order valence-corrected chi connectivity index (χ4v) is 5.35. The summed E-state index contributed by atoms with van der Waals surface area (Å²) in [6, 6.07) is 40.0. The van der Waals surface area contributed by atoms with Gasteiger partial charge in [-0.3, -0.25) is 14.4 Å². The summed E-state index contributed by atoms with van der Waals surface area (Å²) < 4.78 is 6.71. The van der Waals surface area contributed by atoms with E-state index in [1.807, 2.05) is 79.7 Å². The Morgan fingerprint density at radius 1 is 0.696 bits per heavy atom. The zero-order valence-electron chi connectivity index (χ0n) is 24.8. The molecule has 0 heterocycles. The number of anilines is 2. The lowest BCUT2D eigenvalue weighted by molar-refractivity contribution is -0.115. The minimum Gasteiger partial charge on any atom is -0.457 e. The lowest BCUT2D eigenvalue weighted by atomic mass is 10.1. The first-order valence-corrected chi connectivity index (χ1v) is 16.1. The van der Waals surface area contributed by atoms with Crippen molar-refractivity contribution in [2.24, 2.45) is 0 Å². The highest BCUT2D eigenvalue weighted by Gasteiger charge is 2.17. The van der Waals surface area contributed by atoms with Crippen LogP contribution >= 0.6 is 27.7 Å². The molecule has 3 amide bonds. The fourth-order valence-electron chi connectivity index (χ4n) is 4.22. The molecule has 1 unspecified atom stereocenters. The maximum absolute atomic E-state index is 13.3. The summed E-state index contributed by atoms with van der Waals surface area (Å²) in [7, 11) is 0. The standard InChI is InChI=1S/C37H30BrN3O4S/c1-25(35(42)39-29-16-20-32(21-17-29)45-31-10-6-3-7-11-31)46-33-22-18-30(19-23-33)40-37(44)34(24-26-12-14-28(38)15-13-26)41-36(43)27-8-4-2-5-9-27/h2-25H,1H3,(H,39,42)(H,40,44)(H,41,43)/b34-24-. The largest absolute Gasteiger partial charge is 0.457 e. The second kappa shape index (κ2) is 15.7. The summed E-state index contributed by atoms with van der Waals surface area (Å²) in [4.78, 5) is 39.9. The van der Waals surface area contributed by atoms with Crippen LogP contribution in [0.15, 0.2) is 149 Å². The maximum Gasteiger partial charge on any atom is 0.272 e. The number of nitrogens with one attached hydrogen (secondary N) is 3. The van der Waals surface area contributed by atoms with Gasteiger partial charge < -0.3 is 20.7 Å². The Morgan fingerprint density at radius 2 is 1.26 bits per heavy atom. The molecule has 0 aliphatic heterocycles. The molecule has 0 aliphatic rings. The molecular weight excluding hydrogens is 662 g/mol. The molecule has 1 atom stereocenters. The van der Waals surface area contributed by atoms with Gasteiger partial charge in [0.05, 0.1) is 5.25 Å². The van der Waals surface area contributed by atoms with E-state index in [-0.39, 0.29) is 16.9 Å². The first-order valence-electron chi connectivity index (χ1n) is 14.4. The van der Waals surface area contributed by atoms with E-state index < -0.39 is 11.8 Å². The van der Waals surface area contributed by atoms with Gasteiger partial charge in [-0.25, -0.2) is 0 Å². The van der Waals surface area contributed by atoms with Crippen LogP contribution in [0.2, 0.25) is 0 Å². The van der Waals surface area contributed by atoms with E-state index in [2.05, 4.69) is 31.9 Å². The second-order valence-electron chi connectivity index (χ2n) is 10.1. The number of para-hydroxylation sites is 1. The quantitative estimate of drug-likeness (QED) is 0.0951. The van der Waals surface area contributed by atoms with Crippen molar-refractivity contribution in [2.45, 2.75) is 17.1 Å². The normalized spacial score (nSPS) is 11.7. The SMILES string of the molecule is CC(Sc1ccc(NC(=O)/C(=C/c2ccc(Br)cc2)NC(=O)c2ccccc2)cc1)C(=O)Nc1ccc(Oc2ccccc2)cc1. The Labute approximate surface area is 280 Å². The van der Waals surface area contributed by atoms with E-state index in [4.69, 9.17) is 4.74 Å². The number of carbonyl (C=O) groups is 3. The van der Waals surface area contributed by atoms with Crippen LogP contribution in [-0.2, 0) is 9.59 Å². The number of halogens is 1. The fraction of sp³-hybridized carbons (Fsp3) is 0.0541. The molecule has 0 spiro atoms. The minimum atomic E-state index is -0.472. The van der Waals surface area contributed by atoms with Gasteiger partial charge in [0, 0.05) is 26.3 Å². The van der Waals surface area contributed by atoms with Gasteiger partial charge in [-0.15, -0.1) is 11.8 Å². The van der Waals surface area contributed by atoms with Gasteiger partial charge in [-0.1, -0.05) is 64.5 Å². The molecule has 0 saturated carbocycles. The van der Waals surface area contributed by atoms with Gasteiger partial charge in [0.25, 0.3) is 11.8 Å². The molecule has 46 heavy (non-hydrogen) atoms. The highest BCUT2D eigenvalue weighted by Crippen LogP contribution is 2.27. The van der Waals surface area contributed by atoms with Crippen molar-refractivity contribution in [1.29, 1.82) is 0 Å². The van der Waals surface area contributed by atoms with E-state index >= 15 is 0 Å². The Hall–Kier alpha value is -5.12. The number of thioether (sulfide) groups is 1. The Balaban J connectivity index is 1.18. The Kier molecular flexibility index (Phi) is 11.0. The van der Waals surface area contributed by atoms with Gasteiger partial charge in [0.15, 0.2) is 0 Å². The topological polar surface area (TPSA) is 96.5 Å². The average molecular weight is 693 g/mol. The molecule has 0 bridgehead atoms. The van der Waals surface area contributed by atoms with Crippen molar-refractivity contribution in [1.82, 2.24) is 5.32 Å². The first-order chi connectivity index (χ1) is 22.3. The van der Waals surface area contributed by atoms with Crippen molar-refractivity contribution >= 4 is 62.9 Å². The number of ether oxygens (including phenoxy) is 1. The van der Waals surface area contributed by atoms with Crippen molar-refractivity contribution in [3.05, 3.63) is 155 Å². The summed E-state index contributed by atoms with van der Waals surface area (Å²) in [5.74, 6) is 0.404. The molecular formula is C37H30BrN3O4S. The van der Waals surface area contributed by atoms with Crippen molar-refractivity contribution in [3.8, 4) is 11.5 Å². The predicted molar refractivity (Wildman–Crippen MR) is 188 cm³/mol. The third kappa shape index (κ3) is 9.44. The van der Waals surface area contributed by atoms with Crippen LogP contribution in [0.4, 0.5) is 11.4 Å². The Bertz CT molecular complexity index is 1810. The van der Waals surface area contributed by atoms with Gasteiger partial charge >= 0.3 is 0 Å². The van der Waals surface area contributed by atoms with E-state index in [0.29, 0.717) is 22.7 Å². The zero-order valence-corrected chi connectivity index (χ0v) is 27.2. The van der Waals surface area contributed by atoms with Crippen LogP contribution in [0, 0.1) is 0 Å². The van der Waals surface area contributed by atoms with Crippen LogP contribution in [0.25, 0.3) is 6.08 Å². The molecule has 5 aromatic carbocycles. The number of hydrogen-bond donors (Lipinski definition) is 3. The second-order valence-corrected chi connectivity index (χ2v) is 12.4. The summed E-state index contributed by atoms with van der Waals surface area (Å²) in [6.07, 6.45) is 1.62. The summed E-state index contributed by atoms with van der Waals surface area (Å²) in [6.45, 7) is 1.83. The van der Waals surface area contributed by atoms with Crippen LogP contribution in [0.1, 0.15) is 22.8 Å². The maximum atomic E-state index is 13.3. The van der Waals surface area contributed by atoms with Crippen LogP contribution in [0.3, 0.4) is 0 Å². The molecule has 3 N–H and O–H groups in total. The van der Waals surface area contributed by atoms with Crippen molar-refractivity contribution < 1.29 is 19.1 Å². The van der Waals surface area contributed by atoms with Gasteiger partial charge in [-0.2, -0.15) is 0 Å². The minimum absolute atomic E-state index is 0.0968. The van der Waals surface area contributed by atoms with E-state index in [9.17, 15) is 14.4 Å². The van der Waals surface area contributed by atoms with Gasteiger partial charge in [0.1, 0.15) is 17.2 Å². The Morgan fingerprint density at radius 3 is 1.91 bits per heavy atom. The zero-order chi connectivity index (χ0) is 32.3. The highest BCUT2D eigenvalue weighted by molar-refractivity contribution is 9.10. The first kappa shape index (κ1) is 32.3. The lowest BCUT2D eigenvalue weighted by Gasteiger charge is -2.14. The molecule has 0 aliphatic carbocycles. The third-order valence-corrected chi connectivity index (χ3v) is 8.25. The lowest BCUT2D eigenvalue weighted by Crippen LogP contribution is -2.30. The monoisotopic (exact) mass is 691 g/mol. The summed E-state index contributed by atoms with van der Waals surface area (Å²) in [5.41, 5.74) is 2.49. The van der Waals surface area contributed by atoms with Crippen LogP contribution in [-0.4, -0.2) is 23.0 Å². The molecule has 0 radical (unpaired) electrons. The number of carbonyl (C=O) groups excluding carboxylic acids is 3. The van der Waals surface area contributed by atoms with E-state index in [0.717, 1.165) is 20.7 Å². The number of amides is 3. The van der Waals surface area contributed by atoms with E-state index in [1.165, 1.54) is 11.8 Å². The predicted octanol–water partition coefficient (Wildman–Crippen LogP) is 8.77. The number of rotatable bonds is 11. The molecule has 9 heteroatoms. The van der Waals surface area contributed by atoms with E-state index in [1.54, 1.807) is 66.7 Å². The molecule has 230 valence electrons. The van der Waals surface area contributed by atoms with Crippen molar-refractivity contribution in [3.63, 3.8) is 0 Å². The third-order valence-electron chi connectivity index (χ3n) is 6.60. The average Bonchev–Trinajstić information content (AvgIpc) is 3.08. The molecule has 0 aromatic heterocycles. The molecule has 0 fully saturated rings. The number of benzene rings is 5. The smallest absolute Gasteiger partial charge is 0.272 e. The molecule has 5 rings (SSSR count). The number of hydrogen-bond acceptors (Lipinski definition) is 5. The van der Waals surface area contributed by atoms with Crippen LogP contribution in [0.5, 0.6) is 11.5 Å².